The maximum atomic E-state index is 10.7. The lowest BCUT2D eigenvalue weighted by Gasteiger charge is -2.28. The van der Waals surface area contributed by atoms with Gasteiger partial charge in [-0.15, -0.1) is 0 Å². The number of carbonyl (C=O) groups is 1. The Balaban J connectivity index is 2.92. The molecule has 1 unspecified atom stereocenters. The molecule has 0 bridgehead atoms. The lowest BCUT2D eigenvalue weighted by molar-refractivity contribution is -0.137. The molecule has 0 aromatic heterocycles. The Morgan fingerprint density at radius 2 is 2.06 bits per heavy atom. The van der Waals surface area contributed by atoms with Gasteiger partial charge in [0.15, 0.2) is 5.11 Å². The second-order valence-electron chi connectivity index (χ2n) is 3.49. The number of nitrogens with zero attached hydrogens (tertiary/aromatic N) is 1. The number of carboxylic acids is 1. The zero-order valence-corrected chi connectivity index (χ0v) is 9.78. The van der Waals surface area contributed by atoms with Crippen molar-refractivity contribution in [2.75, 3.05) is 4.90 Å². The third kappa shape index (κ3) is 3.20. The quantitative estimate of drug-likeness (QED) is 0.780. The molecular formula is C11H14N2O2S. The molecule has 4 nitrogen and oxygen atoms in total. The third-order valence-electron chi connectivity index (χ3n) is 2.18. The molecule has 0 aliphatic carbocycles. The summed E-state index contributed by atoms with van der Waals surface area (Å²) in [5.41, 5.74) is 6.42. The van der Waals surface area contributed by atoms with E-state index < -0.39 is 5.97 Å². The number of hydrogen-bond donors (Lipinski definition) is 2. The second-order valence-corrected chi connectivity index (χ2v) is 3.91. The predicted molar refractivity (Wildman–Crippen MR) is 67.4 cm³/mol. The second kappa shape index (κ2) is 5.46. The minimum Gasteiger partial charge on any atom is -0.481 e. The number of nitrogens with two attached hydrogens (primary N) is 1. The number of para-hydroxylation sites is 1. The molecule has 1 aromatic carbocycles. The van der Waals surface area contributed by atoms with Gasteiger partial charge in [-0.1, -0.05) is 18.2 Å². The summed E-state index contributed by atoms with van der Waals surface area (Å²) >= 11 is 4.94. The van der Waals surface area contributed by atoms with Crippen LogP contribution in [-0.2, 0) is 4.79 Å². The van der Waals surface area contributed by atoms with Crippen LogP contribution in [0.5, 0.6) is 0 Å². The van der Waals surface area contributed by atoms with E-state index in [4.69, 9.17) is 23.1 Å². The van der Waals surface area contributed by atoms with Gasteiger partial charge in [-0.25, -0.2) is 0 Å². The van der Waals surface area contributed by atoms with Gasteiger partial charge in [0.1, 0.15) is 0 Å². The summed E-state index contributed by atoms with van der Waals surface area (Å²) in [6, 6.07) is 9.01. The predicted octanol–water partition coefficient (Wildman–Crippen LogP) is 1.60. The van der Waals surface area contributed by atoms with Gasteiger partial charge in [-0.3, -0.25) is 4.79 Å². The minimum absolute atomic E-state index is 0.00770. The average molecular weight is 238 g/mol. The van der Waals surface area contributed by atoms with Gasteiger partial charge in [-0.2, -0.15) is 0 Å². The van der Waals surface area contributed by atoms with Crippen molar-refractivity contribution < 1.29 is 9.90 Å². The van der Waals surface area contributed by atoms with Crippen LogP contribution < -0.4 is 10.6 Å². The van der Waals surface area contributed by atoms with Crippen LogP contribution in [0, 0.1) is 0 Å². The van der Waals surface area contributed by atoms with Crippen LogP contribution in [0.4, 0.5) is 5.69 Å². The lowest BCUT2D eigenvalue weighted by Crippen LogP contribution is -2.43. The highest BCUT2D eigenvalue weighted by atomic mass is 32.1. The Bertz CT molecular complexity index is 381. The first-order chi connectivity index (χ1) is 7.52. The van der Waals surface area contributed by atoms with E-state index in [1.807, 2.05) is 30.3 Å². The normalized spacial score (nSPS) is 11.8. The molecule has 1 rings (SSSR count). The van der Waals surface area contributed by atoms with Gasteiger partial charge in [-0.05, 0) is 31.3 Å². The molecule has 0 spiro atoms. The Kier molecular flexibility index (Phi) is 4.25. The SMILES string of the molecule is CC(CC(=O)O)N(C(N)=S)c1ccccc1. The number of rotatable bonds is 4. The summed E-state index contributed by atoms with van der Waals surface area (Å²) in [6.45, 7) is 1.78. The van der Waals surface area contributed by atoms with E-state index in [1.165, 1.54) is 0 Å². The molecular weight excluding hydrogens is 224 g/mol. The molecule has 1 atom stereocenters. The maximum absolute atomic E-state index is 10.7. The number of carboxylic acid groups (broad SMARTS) is 1. The van der Waals surface area contributed by atoms with E-state index in [9.17, 15) is 4.79 Å². The van der Waals surface area contributed by atoms with Crippen LogP contribution in [0.2, 0.25) is 0 Å². The summed E-state index contributed by atoms with van der Waals surface area (Å²) in [4.78, 5) is 12.3. The van der Waals surface area contributed by atoms with Crippen LogP contribution in [-0.4, -0.2) is 22.2 Å². The zero-order valence-electron chi connectivity index (χ0n) is 8.96. The van der Waals surface area contributed by atoms with Crippen molar-refractivity contribution in [2.24, 2.45) is 5.73 Å². The number of hydrogen-bond acceptors (Lipinski definition) is 2. The van der Waals surface area contributed by atoms with Gasteiger partial charge in [0, 0.05) is 11.7 Å². The Labute approximate surface area is 99.7 Å². The van der Waals surface area contributed by atoms with Crippen molar-refractivity contribution in [3.63, 3.8) is 0 Å². The first-order valence-electron chi connectivity index (χ1n) is 4.88. The molecule has 86 valence electrons. The highest BCUT2D eigenvalue weighted by Gasteiger charge is 2.19. The molecule has 0 aliphatic heterocycles. The zero-order chi connectivity index (χ0) is 12.1. The molecule has 0 heterocycles. The van der Waals surface area contributed by atoms with Gasteiger partial charge in [0.05, 0.1) is 6.42 Å². The van der Waals surface area contributed by atoms with Crippen molar-refractivity contribution in [3.8, 4) is 0 Å². The molecule has 3 N–H and O–H groups in total. The fourth-order valence-electron chi connectivity index (χ4n) is 1.53. The standard InChI is InChI=1S/C11H14N2O2S/c1-8(7-10(14)15)13(11(12)16)9-5-3-2-4-6-9/h2-6,8H,7H2,1H3,(H2,12,16)(H,14,15). The van der Waals surface area contributed by atoms with E-state index in [0.717, 1.165) is 5.69 Å². The van der Waals surface area contributed by atoms with Crippen molar-refractivity contribution in [2.45, 2.75) is 19.4 Å². The molecule has 0 radical (unpaired) electrons. The molecule has 1 aromatic rings. The van der Waals surface area contributed by atoms with Gasteiger partial charge in [0.2, 0.25) is 0 Å². The molecule has 0 saturated carbocycles. The van der Waals surface area contributed by atoms with Crippen molar-refractivity contribution >= 4 is 29.0 Å². The molecule has 5 heteroatoms. The monoisotopic (exact) mass is 238 g/mol. The molecule has 16 heavy (non-hydrogen) atoms. The first kappa shape index (κ1) is 12.4. The summed E-state index contributed by atoms with van der Waals surface area (Å²) < 4.78 is 0. The Morgan fingerprint density at radius 3 is 2.50 bits per heavy atom. The summed E-state index contributed by atoms with van der Waals surface area (Å²) in [5, 5.41) is 8.93. The summed E-state index contributed by atoms with van der Waals surface area (Å²) in [7, 11) is 0. The first-order valence-corrected chi connectivity index (χ1v) is 5.28. The van der Waals surface area contributed by atoms with Crippen molar-refractivity contribution in [3.05, 3.63) is 30.3 Å². The largest absolute Gasteiger partial charge is 0.481 e. The number of thiocarbonyl (C=S) groups is 1. The number of anilines is 1. The van der Waals surface area contributed by atoms with Crippen LogP contribution in [0.1, 0.15) is 13.3 Å². The highest BCUT2D eigenvalue weighted by Crippen LogP contribution is 2.17. The third-order valence-corrected chi connectivity index (χ3v) is 2.38. The summed E-state index contributed by atoms with van der Waals surface area (Å²) in [6.07, 6.45) is -0.00770. The molecule has 0 aliphatic rings. The average Bonchev–Trinajstić information content (AvgIpc) is 2.17. The Hall–Kier alpha value is -1.62. The fraction of sp³-hybridized carbons (Fsp3) is 0.273. The van der Waals surface area contributed by atoms with Crippen LogP contribution in [0.3, 0.4) is 0 Å². The van der Waals surface area contributed by atoms with E-state index in [2.05, 4.69) is 0 Å². The van der Waals surface area contributed by atoms with E-state index in [1.54, 1.807) is 11.8 Å². The molecule has 0 amide bonds. The van der Waals surface area contributed by atoms with E-state index in [-0.39, 0.29) is 17.6 Å². The van der Waals surface area contributed by atoms with Gasteiger partial charge in [0.25, 0.3) is 0 Å². The van der Waals surface area contributed by atoms with E-state index in [0.29, 0.717) is 0 Å². The smallest absolute Gasteiger partial charge is 0.305 e. The van der Waals surface area contributed by atoms with E-state index >= 15 is 0 Å². The van der Waals surface area contributed by atoms with Gasteiger partial charge >= 0.3 is 5.97 Å². The number of aliphatic carboxylic acids is 1. The Morgan fingerprint density at radius 1 is 1.50 bits per heavy atom. The lowest BCUT2D eigenvalue weighted by atomic mass is 10.2. The molecule has 0 saturated heterocycles. The van der Waals surface area contributed by atoms with Crippen LogP contribution >= 0.6 is 12.2 Å². The van der Waals surface area contributed by atoms with Gasteiger partial charge < -0.3 is 15.7 Å². The highest BCUT2D eigenvalue weighted by molar-refractivity contribution is 7.80. The van der Waals surface area contributed by atoms with Crippen LogP contribution in [0.15, 0.2) is 30.3 Å². The number of benzene rings is 1. The fourth-order valence-corrected chi connectivity index (χ4v) is 1.82. The topological polar surface area (TPSA) is 66.6 Å². The van der Waals surface area contributed by atoms with Crippen LogP contribution in [0.25, 0.3) is 0 Å². The summed E-state index contributed by atoms with van der Waals surface area (Å²) in [5.74, 6) is -0.871. The molecule has 0 fully saturated rings. The minimum atomic E-state index is -0.871. The van der Waals surface area contributed by atoms with Crippen molar-refractivity contribution in [1.29, 1.82) is 0 Å². The maximum Gasteiger partial charge on any atom is 0.305 e. The van der Waals surface area contributed by atoms with Crippen molar-refractivity contribution in [1.82, 2.24) is 0 Å².